The van der Waals surface area contributed by atoms with Gasteiger partial charge in [0.2, 0.25) is 5.91 Å². The van der Waals surface area contributed by atoms with Crippen molar-refractivity contribution >= 4 is 22.6 Å². The zero-order valence-corrected chi connectivity index (χ0v) is 10.8. The van der Waals surface area contributed by atoms with Gasteiger partial charge >= 0.3 is 0 Å². The molecule has 0 spiro atoms. The Kier molecular flexibility index (Phi) is 3.27. The molecule has 1 heterocycles. The Morgan fingerprint density at radius 1 is 1.29 bits per heavy atom. The summed E-state index contributed by atoms with van der Waals surface area (Å²) in [5.41, 5.74) is 1.09. The first-order valence-corrected chi connectivity index (χ1v) is 6.25. The molecule has 21 heavy (non-hydrogen) atoms. The lowest BCUT2D eigenvalue weighted by molar-refractivity contribution is -0.115. The van der Waals surface area contributed by atoms with Crippen LogP contribution in [-0.4, -0.2) is 16.2 Å². The molecule has 0 aliphatic heterocycles. The monoisotopic (exact) mass is 286 g/mol. The van der Waals surface area contributed by atoms with Crippen LogP contribution in [0.3, 0.4) is 0 Å². The van der Waals surface area contributed by atoms with E-state index in [1.54, 1.807) is 12.1 Å². The molecule has 0 aliphatic rings. The van der Waals surface area contributed by atoms with E-state index >= 15 is 0 Å². The predicted molar refractivity (Wildman–Crippen MR) is 74.4 cm³/mol. The minimum atomic E-state index is -0.701. The SMILES string of the molecule is O=C(Cc1noc2ccccc12)Nc1ccc(O)cc1F. The number of amides is 1. The lowest BCUT2D eigenvalue weighted by atomic mass is 10.1. The highest BCUT2D eigenvalue weighted by molar-refractivity contribution is 5.94. The number of fused-ring (bicyclic) bond motifs is 1. The first-order valence-electron chi connectivity index (χ1n) is 6.25. The molecule has 2 aromatic carbocycles. The maximum Gasteiger partial charge on any atom is 0.230 e. The normalized spacial score (nSPS) is 10.7. The Labute approximate surface area is 119 Å². The van der Waals surface area contributed by atoms with E-state index in [2.05, 4.69) is 10.5 Å². The van der Waals surface area contributed by atoms with Crippen LogP contribution in [0.25, 0.3) is 11.0 Å². The van der Waals surface area contributed by atoms with Crippen LogP contribution in [0.2, 0.25) is 0 Å². The lowest BCUT2D eigenvalue weighted by Crippen LogP contribution is -2.15. The highest BCUT2D eigenvalue weighted by Gasteiger charge is 2.13. The van der Waals surface area contributed by atoms with Gasteiger partial charge in [0.05, 0.1) is 12.1 Å². The van der Waals surface area contributed by atoms with E-state index in [9.17, 15) is 9.18 Å². The van der Waals surface area contributed by atoms with Gasteiger partial charge in [-0.2, -0.15) is 0 Å². The van der Waals surface area contributed by atoms with Crippen LogP contribution in [0.15, 0.2) is 47.0 Å². The van der Waals surface area contributed by atoms with E-state index in [1.807, 2.05) is 12.1 Å². The third kappa shape index (κ3) is 2.69. The van der Waals surface area contributed by atoms with E-state index in [0.29, 0.717) is 11.3 Å². The van der Waals surface area contributed by atoms with Crippen molar-refractivity contribution in [1.29, 1.82) is 0 Å². The number of halogens is 1. The number of nitrogens with one attached hydrogen (secondary N) is 1. The van der Waals surface area contributed by atoms with Crippen LogP contribution in [0.4, 0.5) is 10.1 Å². The molecule has 106 valence electrons. The summed E-state index contributed by atoms with van der Waals surface area (Å²) >= 11 is 0. The number of anilines is 1. The molecule has 0 bridgehead atoms. The number of hydrogen-bond acceptors (Lipinski definition) is 4. The molecule has 0 aliphatic carbocycles. The third-order valence-corrected chi connectivity index (χ3v) is 3.01. The molecule has 0 unspecified atom stereocenters. The number of aromatic nitrogens is 1. The Bertz CT molecular complexity index is 814. The van der Waals surface area contributed by atoms with Crippen LogP contribution in [0, 0.1) is 5.82 Å². The van der Waals surface area contributed by atoms with Crippen molar-refractivity contribution in [1.82, 2.24) is 5.16 Å². The molecule has 0 saturated heterocycles. The van der Waals surface area contributed by atoms with Gasteiger partial charge < -0.3 is 14.9 Å². The molecular formula is C15H11FN2O3. The summed E-state index contributed by atoms with van der Waals surface area (Å²) in [5, 5.41) is 16.1. The highest BCUT2D eigenvalue weighted by atomic mass is 19.1. The number of benzene rings is 2. The molecule has 1 aromatic heterocycles. The van der Waals surface area contributed by atoms with E-state index in [4.69, 9.17) is 9.63 Å². The zero-order valence-electron chi connectivity index (χ0n) is 10.8. The number of phenolic OH excluding ortho intramolecular Hbond substituents is 1. The molecule has 0 saturated carbocycles. The second-order valence-electron chi connectivity index (χ2n) is 4.51. The Hall–Kier alpha value is -2.89. The summed E-state index contributed by atoms with van der Waals surface area (Å²) < 4.78 is 18.6. The van der Waals surface area contributed by atoms with Gasteiger partial charge in [0, 0.05) is 11.5 Å². The standard InChI is InChI=1S/C15H11FN2O3/c16-11-7-9(19)5-6-12(11)17-15(20)8-13-10-3-1-2-4-14(10)21-18-13/h1-7,19H,8H2,(H,17,20). The van der Waals surface area contributed by atoms with Gasteiger partial charge in [-0.05, 0) is 24.3 Å². The third-order valence-electron chi connectivity index (χ3n) is 3.01. The van der Waals surface area contributed by atoms with Crippen LogP contribution in [0.5, 0.6) is 5.75 Å². The molecule has 2 N–H and O–H groups in total. The Morgan fingerprint density at radius 2 is 2.10 bits per heavy atom. The molecular weight excluding hydrogens is 275 g/mol. The zero-order chi connectivity index (χ0) is 14.8. The van der Waals surface area contributed by atoms with Crippen molar-refractivity contribution in [3.8, 4) is 5.75 Å². The fraction of sp³-hybridized carbons (Fsp3) is 0.0667. The maximum absolute atomic E-state index is 13.5. The van der Waals surface area contributed by atoms with Gasteiger partial charge in [-0.1, -0.05) is 17.3 Å². The molecule has 0 atom stereocenters. The van der Waals surface area contributed by atoms with Gasteiger partial charge in [-0.25, -0.2) is 4.39 Å². The number of para-hydroxylation sites is 1. The fourth-order valence-corrected chi connectivity index (χ4v) is 2.02. The first kappa shape index (κ1) is 13.1. The topological polar surface area (TPSA) is 75.4 Å². The molecule has 3 rings (SSSR count). The molecule has 0 radical (unpaired) electrons. The maximum atomic E-state index is 13.5. The van der Waals surface area contributed by atoms with E-state index in [-0.39, 0.29) is 17.9 Å². The van der Waals surface area contributed by atoms with Crippen molar-refractivity contribution in [3.63, 3.8) is 0 Å². The average molecular weight is 286 g/mol. The van der Waals surface area contributed by atoms with E-state index in [1.165, 1.54) is 12.1 Å². The number of phenols is 1. The van der Waals surface area contributed by atoms with Gasteiger partial charge in [0.1, 0.15) is 17.3 Å². The molecule has 6 heteroatoms. The minimum absolute atomic E-state index is 0.00519. The number of aromatic hydroxyl groups is 1. The quantitative estimate of drug-likeness (QED) is 0.726. The van der Waals surface area contributed by atoms with Crippen molar-refractivity contribution < 1.29 is 18.8 Å². The Morgan fingerprint density at radius 3 is 2.90 bits per heavy atom. The van der Waals surface area contributed by atoms with Crippen molar-refractivity contribution in [2.75, 3.05) is 5.32 Å². The first-order chi connectivity index (χ1) is 10.1. The number of carbonyl (C=O) groups is 1. The molecule has 0 fully saturated rings. The summed E-state index contributed by atoms with van der Waals surface area (Å²) in [6, 6.07) is 10.7. The predicted octanol–water partition coefficient (Wildman–Crippen LogP) is 2.85. The largest absolute Gasteiger partial charge is 0.508 e. The van der Waals surface area contributed by atoms with Crippen LogP contribution in [-0.2, 0) is 11.2 Å². The summed E-state index contributed by atoms with van der Waals surface area (Å²) in [6.07, 6.45) is -0.0304. The second-order valence-corrected chi connectivity index (χ2v) is 4.51. The number of carbonyl (C=O) groups excluding carboxylic acids is 1. The molecule has 1 amide bonds. The molecule has 5 nitrogen and oxygen atoms in total. The van der Waals surface area contributed by atoms with E-state index in [0.717, 1.165) is 11.5 Å². The number of nitrogens with zero attached hydrogens (tertiary/aromatic N) is 1. The number of rotatable bonds is 3. The lowest BCUT2D eigenvalue weighted by Gasteiger charge is -2.05. The van der Waals surface area contributed by atoms with Gasteiger partial charge in [-0.15, -0.1) is 0 Å². The average Bonchev–Trinajstić information content (AvgIpc) is 2.85. The molecule has 3 aromatic rings. The summed E-state index contributed by atoms with van der Waals surface area (Å²) in [6.45, 7) is 0. The summed E-state index contributed by atoms with van der Waals surface area (Å²) in [4.78, 5) is 11.9. The van der Waals surface area contributed by atoms with Crippen LogP contribution < -0.4 is 5.32 Å². The van der Waals surface area contributed by atoms with Crippen molar-refractivity contribution in [2.45, 2.75) is 6.42 Å². The van der Waals surface area contributed by atoms with Crippen molar-refractivity contribution in [3.05, 3.63) is 54.0 Å². The van der Waals surface area contributed by atoms with Gasteiger partial charge in [0.25, 0.3) is 0 Å². The minimum Gasteiger partial charge on any atom is -0.508 e. The highest BCUT2D eigenvalue weighted by Crippen LogP contribution is 2.21. The summed E-state index contributed by atoms with van der Waals surface area (Å²) in [5.74, 6) is -1.32. The van der Waals surface area contributed by atoms with Gasteiger partial charge in [0.15, 0.2) is 5.58 Å². The van der Waals surface area contributed by atoms with E-state index < -0.39 is 11.7 Å². The summed E-state index contributed by atoms with van der Waals surface area (Å²) in [7, 11) is 0. The Balaban J connectivity index is 1.77. The fourth-order valence-electron chi connectivity index (χ4n) is 2.02. The van der Waals surface area contributed by atoms with Crippen molar-refractivity contribution in [2.24, 2.45) is 0 Å². The number of hydrogen-bond donors (Lipinski definition) is 2. The second kappa shape index (κ2) is 5.24. The van der Waals surface area contributed by atoms with Crippen LogP contribution in [0.1, 0.15) is 5.69 Å². The van der Waals surface area contributed by atoms with Crippen LogP contribution >= 0.6 is 0 Å². The van der Waals surface area contributed by atoms with Gasteiger partial charge in [-0.3, -0.25) is 4.79 Å². The smallest absolute Gasteiger partial charge is 0.230 e.